The number of allylic oxidation sites excluding steroid dienone is 1. The molecule has 0 aliphatic rings. The van der Waals surface area contributed by atoms with Crippen LogP contribution in [0.3, 0.4) is 0 Å². The standard InChI is InChI=1S/C27H29ClF3N5O4S/c1-15(2)18-13-22(40-5)21(12-17(18)10-11-32-25(37)27(29,30)31)35-26-33-14-19(28)24(36-26)34-20-8-6-7-9-23(20)41(38,39)16(3)4/h6-9,12-14,16H,1,10-11H2,2-5H3,(H,32,37)(H2,33,34,35,36). The van der Waals surface area contributed by atoms with E-state index in [0.29, 0.717) is 28.1 Å². The molecule has 0 aliphatic heterocycles. The molecule has 2 aromatic carbocycles. The number of para-hydroxylation sites is 1. The highest BCUT2D eigenvalue weighted by atomic mass is 35.5. The van der Waals surface area contributed by atoms with Crippen molar-refractivity contribution in [1.82, 2.24) is 15.3 Å². The van der Waals surface area contributed by atoms with Gasteiger partial charge in [-0.05, 0) is 62.6 Å². The van der Waals surface area contributed by atoms with Gasteiger partial charge in [0.15, 0.2) is 15.7 Å². The number of alkyl halides is 3. The summed E-state index contributed by atoms with van der Waals surface area (Å²) in [6.45, 7) is 8.54. The summed E-state index contributed by atoms with van der Waals surface area (Å²) in [6.07, 6.45) is -3.60. The average Bonchev–Trinajstić information content (AvgIpc) is 2.90. The quantitative estimate of drug-likeness (QED) is 0.239. The molecule has 0 unspecified atom stereocenters. The van der Waals surface area contributed by atoms with Crippen LogP contribution in [0.4, 0.5) is 36.3 Å². The minimum absolute atomic E-state index is 0.0675. The normalized spacial score (nSPS) is 11.7. The van der Waals surface area contributed by atoms with E-state index >= 15 is 0 Å². The highest BCUT2D eigenvalue weighted by Crippen LogP contribution is 2.35. The van der Waals surface area contributed by atoms with Crippen molar-refractivity contribution in [3.05, 3.63) is 65.3 Å². The van der Waals surface area contributed by atoms with Crippen LogP contribution in [0.25, 0.3) is 5.57 Å². The van der Waals surface area contributed by atoms with Crippen LogP contribution in [0, 0.1) is 0 Å². The Kier molecular flexibility index (Phi) is 9.87. The van der Waals surface area contributed by atoms with E-state index in [1.165, 1.54) is 19.4 Å². The molecule has 1 heterocycles. The Morgan fingerprint density at radius 3 is 2.44 bits per heavy atom. The fourth-order valence-electron chi connectivity index (χ4n) is 3.74. The summed E-state index contributed by atoms with van der Waals surface area (Å²) in [5, 5.41) is 7.30. The molecule has 0 spiro atoms. The van der Waals surface area contributed by atoms with Crippen LogP contribution in [0.1, 0.15) is 31.9 Å². The average molecular weight is 612 g/mol. The van der Waals surface area contributed by atoms with Gasteiger partial charge in [-0.1, -0.05) is 35.9 Å². The number of methoxy groups -OCH3 is 1. The third kappa shape index (κ3) is 7.67. The Morgan fingerprint density at radius 2 is 1.83 bits per heavy atom. The van der Waals surface area contributed by atoms with Crippen LogP contribution in [0.2, 0.25) is 5.02 Å². The van der Waals surface area contributed by atoms with E-state index in [1.54, 1.807) is 51.1 Å². The summed E-state index contributed by atoms with van der Waals surface area (Å²) < 4.78 is 69.0. The molecule has 14 heteroatoms. The molecule has 1 amide bonds. The zero-order valence-electron chi connectivity index (χ0n) is 22.7. The van der Waals surface area contributed by atoms with Gasteiger partial charge < -0.3 is 20.7 Å². The lowest BCUT2D eigenvalue weighted by molar-refractivity contribution is -0.173. The van der Waals surface area contributed by atoms with Gasteiger partial charge in [-0.25, -0.2) is 13.4 Å². The number of nitrogens with zero attached hydrogens (tertiary/aromatic N) is 2. The van der Waals surface area contributed by atoms with Crippen LogP contribution >= 0.6 is 11.6 Å². The second-order valence-corrected chi connectivity index (χ2v) is 12.1. The third-order valence-electron chi connectivity index (χ3n) is 5.88. The van der Waals surface area contributed by atoms with E-state index in [0.717, 1.165) is 0 Å². The second kappa shape index (κ2) is 12.8. The number of rotatable bonds is 11. The number of carbonyl (C=O) groups excluding carboxylic acids is 1. The number of ether oxygens (including phenoxy) is 1. The number of halogens is 4. The maximum absolute atomic E-state index is 12.9. The molecule has 1 aromatic heterocycles. The summed E-state index contributed by atoms with van der Waals surface area (Å²) in [5.74, 6) is -1.46. The molecule has 0 saturated heterocycles. The highest BCUT2D eigenvalue weighted by Gasteiger charge is 2.38. The smallest absolute Gasteiger partial charge is 0.471 e. The van der Waals surface area contributed by atoms with Gasteiger partial charge in [0.05, 0.1) is 34.8 Å². The van der Waals surface area contributed by atoms with Crippen LogP contribution < -0.4 is 20.7 Å². The van der Waals surface area contributed by atoms with E-state index in [-0.39, 0.29) is 40.3 Å². The molecule has 0 radical (unpaired) electrons. The Balaban J connectivity index is 1.94. The monoisotopic (exact) mass is 611 g/mol. The number of carbonyl (C=O) groups is 1. The number of nitrogens with one attached hydrogen (secondary N) is 3. The predicted molar refractivity (Wildman–Crippen MR) is 153 cm³/mol. The first-order chi connectivity index (χ1) is 19.1. The first kappa shape index (κ1) is 31.7. The molecule has 0 atom stereocenters. The molecule has 3 aromatic rings. The summed E-state index contributed by atoms with van der Waals surface area (Å²) in [7, 11) is -2.18. The van der Waals surface area contributed by atoms with Crippen LogP contribution in [-0.2, 0) is 21.1 Å². The Hall–Kier alpha value is -3.84. The van der Waals surface area contributed by atoms with Crippen molar-refractivity contribution in [3.63, 3.8) is 0 Å². The molecule has 3 N–H and O–H groups in total. The van der Waals surface area contributed by atoms with Gasteiger partial charge in [0.1, 0.15) is 10.8 Å². The molecule has 9 nitrogen and oxygen atoms in total. The first-order valence-electron chi connectivity index (χ1n) is 12.3. The van der Waals surface area contributed by atoms with Gasteiger partial charge in [0.2, 0.25) is 5.95 Å². The number of aromatic nitrogens is 2. The lowest BCUT2D eigenvalue weighted by atomic mass is 9.98. The molecule has 220 valence electrons. The minimum atomic E-state index is -4.99. The van der Waals surface area contributed by atoms with Crippen molar-refractivity contribution < 1.29 is 31.1 Å². The third-order valence-corrected chi connectivity index (χ3v) is 8.37. The topological polar surface area (TPSA) is 122 Å². The molecule has 3 rings (SSSR count). The lowest BCUT2D eigenvalue weighted by Gasteiger charge is -2.18. The van der Waals surface area contributed by atoms with E-state index in [4.69, 9.17) is 16.3 Å². The molecular weight excluding hydrogens is 583 g/mol. The van der Waals surface area contributed by atoms with Gasteiger partial charge in [-0.15, -0.1) is 0 Å². The number of hydrogen-bond donors (Lipinski definition) is 3. The van der Waals surface area contributed by atoms with E-state index in [9.17, 15) is 26.4 Å². The molecule has 0 bridgehead atoms. The maximum Gasteiger partial charge on any atom is 0.471 e. The van der Waals surface area contributed by atoms with Gasteiger partial charge in [0, 0.05) is 6.54 Å². The fourth-order valence-corrected chi connectivity index (χ4v) is 5.08. The Bertz CT molecular complexity index is 1560. The Morgan fingerprint density at radius 1 is 1.15 bits per heavy atom. The van der Waals surface area contributed by atoms with Crippen molar-refractivity contribution in [2.45, 2.75) is 43.5 Å². The molecule has 41 heavy (non-hydrogen) atoms. The minimum Gasteiger partial charge on any atom is -0.495 e. The van der Waals surface area contributed by atoms with Gasteiger partial charge in [0.25, 0.3) is 0 Å². The summed E-state index contributed by atoms with van der Waals surface area (Å²) in [4.78, 5) is 19.9. The largest absolute Gasteiger partial charge is 0.495 e. The van der Waals surface area contributed by atoms with Crippen molar-refractivity contribution >= 4 is 56.1 Å². The van der Waals surface area contributed by atoms with E-state index in [2.05, 4.69) is 27.2 Å². The summed E-state index contributed by atoms with van der Waals surface area (Å²) in [5.41, 5.74) is 2.51. The summed E-state index contributed by atoms with van der Waals surface area (Å²) in [6, 6.07) is 9.65. The molecule has 0 aliphatic carbocycles. The number of hydrogen-bond acceptors (Lipinski definition) is 8. The van der Waals surface area contributed by atoms with E-state index < -0.39 is 27.2 Å². The summed E-state index contributed by atoms with van der Waals surface area (Å²) >= 11 is 6.32. The molecule has 0 saturated carbocycles. The highest BCUT2D eigenvalue weighted by molar-refractivity contribution is 7.92. The van der Waals surface area contributed by atoms with E-state index in [1.807, 2.05) is 5.32 Å². The number of amides is 1. The SMILES string of the molecule is C=C(C)c1cc(OC)c(Nc2ncc(Cl)c(Nc3ccccc3S(=O)(=O)C(C)C)n2)cc1CCNC(=O)C(F)(F)F. The second-order valence-electron chi connectivity index (χ2n) is 9.22. The van der Waals surface area contributed by atoms with Gasteiger partial charge >= 0.3 is 12.1 Å². The van der Waals surface area contributed by atoms with Crippen molar-refractivity contribution in [1.29, 1.82) is 0 Å². The number of sulfone groups is 1. The van der Waals surface area contributed by atoms with Crippen LogP contribution in [-0.4, -0.2) is 49.4 Å². The zero-order chi connectivity index (χ0) is 30.5. The Labute approximate surface area is 241 Å². The predicted octanol–water partition coefficient (Wildman–Crippen LogP) is 6.06. The first-order valence-corrected chi connectivity index (χ1v) is 14.2. The number of anilines is 4. The van der Waals surface area contributed by atoms with Crippen molar-refractivity contribution in [2.24, 2.45) is 0 Å². The molecule has 0 fully saturated rings. The lowest BCUT2D eigenvalue weighted by Crippen LogP contribution is -2.37. The van der Waals surface area contributed by atoms with Gasteiger partial charge in [-0.2, -0.15) is 18.2 Å². The van der Waals surface area contributed by atoms with Crippen molar-refractivity contribution in [3.8, 4) is 5.75 Å². The van der Waals surface area contributed by atoms with Crippen LogP contribution in [0.5, 0.6) is 5.75 Å². The number of benzene rings is 2. The molecular formula is C27H29ClF3N5O4S. The fraction of sp³-hybridized carbons (Fsp3) is 0.296. The van der Waals surface area contributed by atoms with Gasteiger partial charge in [-0.3, -0.25) is 4.79 Å². The maximum atomic E-state index is 12.9. The van der Waals surface area contributed by atoms with Crippen molar-refractivity contribution in [2.75, 3.05) is 24.3 Å². The zero-order valence-corrected chi connectivity index (χ0v) is 24.3. The van der Waals surface area contributed by atoms with Crippen LogP contribution in [0.15, 0.2) is 54.1 Å².